The predicted octanol–water partition coefficient (Wildman–Crippen LogP) is -0.0342. The Balaban J connectivity index is 2.82. The quantitative estimate of drug-likeness (QED) is 0.631. The van der Waals surface area contributed by atoms with Gasteiger partial charge in [-0.1, -0.05) is 0 Å². The maximum absolute atomic E-state index is 10.9. The fourth-order valence-electron chi connectivity index (χ4n) is 2.20. The van der Waals surface area contributed by atoms with Crippen LogP contribution in [0.3, 0.4) is 0 Å². The third-order valence-corrected chi connectivity index (χ3v) is 3.09. The molecule has 0 radical (unpaired) electrons. The van der Waals surface area contributed by atoms with Gasteiger partial charge in [0, 0.05) is 35.4 Å². The molecule has 1 saturated heterocycles. The van der Waals surface area contributed by atoms with Crippen molar-refractivity contribution in [2.24, 2.45) is 0 Å². The van der Waals surface area contributed by atoms with Crippen LogP contribution in [0.1, 0.15) is 6.92 Å². The van der Waals surface area contributed by atoms with Crippen molar-refractivity contribution >= 4 is 5.97 Å². The van der Waals surface area contributed by atoms with E-state index in [2.05, 4.69) is 0 Å². The van der Waals surface area contributed by atoms with Gasteiger partial charge in [-0.3, -0.25) is 4.79 Å². The van der Waals surface area contributed by atoms with Crippen LogP contribution in [0, 0.1) is 0 Å². The van der Waals surface area contributed by atoms with Gasteiger partial charge in [-0.15, -0.1) is 0 Å². The zero-order valence-electron chi connectivity index (χ0n) is 12.0. The van der Waals surface area contributed by atoms with Gasteiger partial charge in [0.1, 0.15) is 31.0 Å². The van der Waals surface area contributed by atoms with Crippen LogP contribution in [0.2, 0.25) is 0 Å². The molecule has 0 unspecified atom stereocenters. The lowest BCUT2D eigenvalue weighted by Gasteiger charge is -2.43. The lowest BCUT2D eigenvalue weighted by Crippen LogP contribution is -2.61. The number of rotatable bonds is 6. The number of esters is 1. The first-order chi connectivity index (χ1) is 9.08. The normalized spacial score (nSPS) is 35.1. The Morgan fingerprint density at radius 1 is 0.947 bits per heavy atom. The lowest BCUT2D eigenvalue weighted by molar-refractivity contribution is -0.307. The summed E-state index contributed by atoms with van der Waals surface area (Å²) in [5.74, 6) is -0.379. The van der Waals surface area contributed by atoms with Crippen molar-refractivity contribution in [3.8, 4) is 0 Å². The highest BCUT2D eigenvalue weighted by Gasteiger charge is 2.47. The van der Waals surface area contributed by atoms with Crippen molar-refractivity contribution in [3.05, 3.63) is 0 Å². The van der Waals surface area contributed by atoms with Crippen molar-refractivity contribution in [2.45, 2.75) is 37.6 Å². The molecule has 5 atom stereocenters. The minimum Gasteiger partial charge on any atom is -0.463 e. The van der Waals surface area contributed by atoms with Crippen LogP contribution < -0.4 is 0 Å². The second-order valence-electron chi connectivity index (χ2n) is 4.18. The zero-order chi connectivity index (χ0) is 14.4. The fourth-order valence-corrected chi connectivity index (χ4v) is 2.20. The van der Waals surface area contributed by atoms with E-state index in [1.807, 2.05) is 0 Å². The van der Waals surface area contributed by atoms with E-state index >= 15 is 0 Å². The van der Waals surface area contributed by atoms with Gasteiger partial charge >= 0.3 is 5.97 Å². The molecule has 7 heteroatoms. The van der Waals surface area contributed by atoms with Crippen molar-refractivity contribution < 1.29 is 33.2 Å². The van der Waals surface area contributed by atoms with Crippen LogP contribution in [-0.2, 0) is 33.2 Å². The minimum absolute atomic E-state index is 0.0734. The summed E-state index contributed by atoms with van der Waals surface area (Å²) in [4.78, 5) is 10.9. The van der Waals surface area contributed by atoms with E-state index in [9.17, 15) is 4.79 Å². The zero-order valence-corrected chi connectivity index (χ0v) is 12.0. The lowest BCUT2D eigenvalue weighted by atomic mass is 9.98. The van der Waals surface area contributed by atoms with Crippen molar-refractivity contribution in [1.29, 1.82) is 0 Å². The third kappa shape index (κ3) is 3.87. The number of carbonyl (C=O) groups is 1. The summed E-state index contributed by atoms with van der Waals surface area (Å²) in [6.07, 6.45) is -2.31. The van der Waals surface area contributed by atoms with Gasteiger partial charge in [-0.2, -0.15) is 0 Å². The molecule has 0 N–H and O–H groups in total. The van der Waals surface area contributed by atoms with Crippen LogP contribution in [0.25, 0.3) is 0 Å². The van der Waals surface area contributed by atoms with Crippen molar-refractivity contribution in [1.82, 2.24) is 0 Å². The van der Waals surface area contributed by atoms with E-state index in [1.165, 1.54) is 14.0 Å². The summed E-state index contributed by atoms with van der Waals surface area (Å²) < 4.78 is 32.0. The molecule has 7 nitrogen and oxygen atoms in total. The molecule has 1 fully saturated rings. The van der Waals surface area contributed by atoms with E-state index in [1.54, 1.807) is 21.3 Å². The van der Waals surface area contributed by atoms with E-state index in [4.69, 9.17) is 28.4 Å². The summed E-state index contributed by atoms with van der Waals surface area (Å²) in [6.45, 7) is 1.41. The van der Waals surface area contributed by atoms with Crippen LogP contribution in [-0.4, -0.2) is 71.7 Å². The van der Waals surface area contributed by atoms with E-state index in [0.29, 0.717) is 0 Å². The number of hydrogen-bond acceptors (Lipinski definition) is 7. The van der Waals surface area contributed by atoms with Crippen LogP contribution in [0.15, 0.2) is 0 Å². The van der Waals surface area contributed by atoms with Crippen molar-refractivity contribution in [2.75, 3.05) is 35.0 Å². The second-order valence-corrected chi connectivity index (χ2v) is 4.18. The van der Waals surface area contributed by atoms with E-state index in [-0.39, 0.29) is 18.7 Å². The molecule has 0 bridgehead atoms. The Bertz CT molecular complexity index is 283. The first kappa shape index (κ1) is 16.3. The number of ether oxygens (including phenoxy) is 6. The monoisotopic (exact) mass is 278 g/mol. The summed E-state index contributed by atoms with van der Waals surface area (Å²) in [5.41, 5.74) is 0. The topological polar surface area (TPSA) is 72.5 Å². The van der Waals surface area contributed by atoms with Gasteiger partial charge in [0.2, 0.25) is 0 Å². The molecule has 0 aliphatic carbocycles. The summed E-state index contributed by atoms with van der Waals surface area (Å²) >= 11 is 0. The van der Waals surface area contributed by atoms with Crippen LogP contribution in [0.4, 0.5) is 0 Å². The molecule has 112 valence electrons. The molecule has 0 amide bonds. The molecule has 1 aliphatic heterocycles. The smallest absolute Gasteiger partial charge is 0.302 e. The van der Waals surface area contributed by atoms with Gasteiger partial charge in [0.15, 0.2) is 6.29 Å². The molecule has 0 aromatic heterocycles. The average Bonchev–Trinajstić information content (AvgIpc) is 2.42. The Kier molecular flexibility index (Phi) is 6.67. The molecule has 19 heavy (non-hydrogen) atoms. The van der Waals surface area contributed by atoms with Crippen molar-refractivity contribution in [3.63, 3.8) is 0 Å². The van der Waals surface area contributed by atoms with E-state index < -0.39 is 24.6 Å². The van der Waals surface area contributed by atoms with Crippen LogP contribution >= 0.6 is 0 Å². The Morgan fingerprint density at radius 3 is 1.95 bits per heavy atom. The Labute approximate surface area is 113 Å². The molecular formula is C12H22O7. The second kappa shape index (κ2) is 7.76. The Morgan fingerprint density at radius 2 is 1.53 bits per heavy atom. The fraction of sp³-hybridized carbons (Fsp3) is 0.917. The number of methoxy groups -OCH3 is 4. The van der Waals surface area contributed by atoms with Gasteiger partial charge in [-0.25, -0.2) is 0 Å². The van der Waals surface area contributed by atoms with Gasteiger partial charge in [0.25, 0.3) is 0 Å². The van der Waals surface area contributed by atoms with Gasteiger partial charge in [0.05, 0.1) is 0 Å². The van der Waals surface area contributed by atoms with Gasteiger partial charge in [-0.05, 0) is 0 Å². The SMILES string of the molecule is CO[C@H]1O[C@H](COC(C)=O)[C@H](OC)[C@H](OC)[C@H]1OC. The summed E-state index contributed by atoms with van der Waals surface area (Å²) in [6, 6.07) is 0. The van der Waals surface area contributed by atoms with Crippen LogP contribution in [0.5, 0.6) is 0 Å². The highest BCUT2D eigenvalue weighted by atomic mass is 16.7. The Hall–Kier alpha value is -0.730. The van der Waals surface area contributed by atoms with Gasteiger partial charge < -0.3 is 28.4 Å². The first-order valence-corrected chi connectivity index (χ1v) is 5.99. The molecule has 1 heterocycles. The van der Waals surface area contributed by atoms with E-state index in [0.717, 1.165) is 0 Å². The molecule has 0 saturated carbocycles. The molecule has 1 rings (SSSR count). The third-order valence-electron chi connectivity index (χ3n) is 3.09. The predicted molar refractivity (Wildman–Crippen MR) is 64.7 cm³/mol. The molecule has 0 spiro atoms. The minimum atomic E-state index is -0.609. The largest absolute Gasteiger partial charge is 0.463 e. The molecule has 1 aliphatic rings. The standard InChI is InChI=1S/C12H22O7/c1-7(13)18-6-8-9(14-2)10(15-3)11(16-4)12(17-5)19-8/h8-12H,6H2,1-5H3/t8-,9+,10+,11-,12+/m1/s1. The highest BCUT2D eigenvalue weighted by Crippen LogP contribution is 2.27. The maximum Gasteiger partial charge on any atom is 0.302 e. The number of carbonyl (C=O) groups excluding carboxylic acids is 1. The highest BCUT2D eigenvalue weighted by molar-refractivity contribution is 5.65. The average molecular weight is 278 g/mol. The molecule has 0 aromatic rings. The maximum atomic E-state index is 10.9. The number of hydrogen-bond donors (Lipinski definition) is 0. The first-order valence-electron chi connectivity index (χ1n) is 5.99. The summed E-state index contributed by atoms with van der Waals surface area (Å²) in [5, 5.41) is 0. The molecular weight excluding hydrogens is 256 g/mol. The molecule has 0 aromatic carbocycles. The summed E-state index contributed by atoms with van der Waals surface area (Å²) in [7, 11) is 6.16.